The van der Waals surface area contributed by atoms with Crippen molar-refractivity contribution in [3.63, 3.8) is 0 Å². The van der Waals surface area contributed by atoms with Crippen molar-refractivity contribution in [2.24, 2.45) is 0 Å². The van der Waals surface area contributed by atoms with Crippen LogP contribution in [0.1, 0.15) is 39.4 Å². The van der Waals surface area contributed by atoms with Crippen molar-refractivity contribution in [1.82, 2.24) is 0 Å². The van der Waals surface area contributed by atoms with Crippen LogP contribution in [0.3, 0.4) is 0 Å². The minimum Gasteiger partial charge on any atom is -0.493 e. The van der Waals surface area contributed by atoms with Crippen LogP contribution in [0.25, 0.3) is 0 Å². The molecule has 0 bridgehead atoms. The van der Waals surface area contributed by atoms with E-state index in [1.807, 2.05) is 6.07 Å². The molecule has 0 fully saturated rings. The summed E-state index contributed by atoms with van der Waals surface area (Å²) in [5, 5.41) is 21.4. The molecule has 1 amide bonds. The quantitative estimate of drug-likeness (QED) is 0.492. The molecule has 1 heterocycles. The third kappa shape index (κ3) is 5.19. The highest BCUT2D eigenvalue weighted by Crippen LogP contribution is 2.39. The van der Waals surface area contributed by atoms with E-state index in [1.165, 1.54) is 36.4 Å². The number of alkyl halides is 3. The largest absolute Gasteiger partial charge is 0.493 e. The molecule has 1 aliphatic heterocycles. The SMILES string of the molecule is N#Cc1cc2c(cc1Oc1ccc(C(=O)Nc3ccc(C(F)(F)F)cc3)cc1)OCCC2C(=O)O. The van der Waals surface area contributed by atoms with Crippen LogP contribution in [-0.4, -0.2) is 23.6 Å². The van der Waals surface area contributed by atoms with Crippen molar-refractivity contribution in [3.05, 3.63) is 82.9 Å². The lowest BCUT2D eigenvalue weighted by Gasteiger charge is -2.24. The van der Waals surface area contributed by atoms with Gasteiger partial charge in [-0.05, 0) is 61.0 Å². The van der Waals surface area contributed by atoms with Crippen molar-refractivity contribution in [2.75, 3.05) is 11.9 Å². The molecule has 3 aromatic rings. The number of hydrogen-bond acceptors (Lipinski definition) is 5. The van der Waals surface area contributed by atoms with Gasteiger partial charge >= 0.3 is 12.1 Å². The zero-order chi connectivity index (χ0) is 25.2. The van der Waals surface area contributed by atoms with Gasteiger partial charge < -0.3 is 19.9 Å². The van der Waals surface area contributed by atoms with Gasteiger partial charge in [0.1, 0.15) is 23.3 Å². The lowest BCUT2D eigenvalue weighted by Crippen LogP contribution is -2.21. The summed E-state index contributed by atoms with van der Waals surface area (Å²) in [6.07, 6.45) is -4.17. The van der Waals surface area contributed by atoms with E-state index in [-0.39, 0.29) is 29.2 Å². The summed E-state index contributed by atoms with van der Waals surface area (Å²) >= 11 is 0. The van der Waals surface area contributed by atoms with E-state index in [0.29, 0.717) is 23.5 Å². The van der Waals surface area contributed by atoms with E-state index < -0.39 is 29.5 Å². The minimum absolute atomic E-state index is 0.129. The predicted octanol–water partition coefficient (Wildman–Crippen LogP) is 5.57. The van der Waals surface area contributed by atoms with E-state index in [1.54, 1.807) is 0 Å². The summed E-state index contributed by atoms with van der Waals surface area (Å²) < 4.78 is 49.3. The second kappa shape index (κ2) is 9.38. The Morgan fingerprint density at radius 1 is 1.09 bits per heavy atom. The Bertz CT molecular complexity index is 1310. The van der Waals surface area contributed by atoms with Gasteiger partial charge in [0.25, 0.3) is 5.91 Å². The second-order valence-corrected chi connectivity index (χ2v) is 7.68. The molecule has 0 aliphatic carbocycles. The number of benzene rings is 3. The molecule has 3 aromatic carbocycles. The Morgan fingerprint density at radius 2 is 1.77 bits per heavy atom. The van der Waals surface area contributed by atoms with Crippen molar-refractivity contribution >= 4 is 17.6 Å². The second-order valence-electron chi connectivity index (χ2n) is 7.68. The summed E-state index contributed by atoms with van der Waals surface area (Å²) in [5.41, 5.74) is 0.152. The highest BCUT2D eigenvalue weighted by atomic mass is 19.4. The molecule has 4 rings (SSSR count). The molecule has 7 nitrogen and oxygen atoms in total. The number of aliphatic carboxylic acids is 1. The maximum atomic E-state index is 12.7. The number of halogens is 3. The van der Waals surface area contributed by atoms with Crippen LogP contribution in [-0.2, 0) is 11.0 Å². The van der Waals surface area contributed by atoms with Gasteiger partial charge in [0.05, 0.1) is 23.7 Å². The summed E-state index contributed by atoms with van der Waals surface area (Å²) in [5.74, 6) is -1.52. The fraction of sp³-hybridized carbons (Fsp3) is 0.160. The monoisotopic (exact) mass is 482 g/mol. The minimum atomic E-state index is -4.47. The third-order valence-electron chi connectivity index (χ3n) is 5.38. The van der Waals surface area contributed by atoms with Crippen molar-refractivity contribution in [2.45, 2.75) is 18.5 Å². The van der Waals surface area contributed by atoms with Gasteiger partial charge in [-0.3, -0.25) is 9.59 Å². The van der Waals surface area contributed by atoms with Crippen molar-refractivity contribution < 1.29 is 37.3 Å². The molecule has 0 saturated heterocycles. The first-order valence-electron chi connectivity index (χ1n) is 10.4. The van der Waals surface area contributed by atoms with Crippen LogP contribution in [0.15, 0.2) is 60.7 Å². The number of fused-ring (bicyclic) bond motifs is 1. The summed E-state index contributed by atoms with van der Waals surface area (Å²) in [4.78, 5) is 23.9. The zero-order valence-corrected chi connectivity index (χ0v) is 17.9. The van der Waals surface area contributed by atoms with Crippen LogP contribution in [0.5, 0.6) is 17.2 Å². The first-order chi connectivity index (χ1) is 16.7. The van der Waals surface area contributed by atoms with Crippen LogP contribution in [0.4, 0.5) is 18.9 Å². The summed E-state index contributed by atoms with van der Waals surface area (Å²) in [7, 11) is 0. The molecule has 1 unspecified atom stereocenters. The van der Waals surface area contributed by atoms with E-state index in [4.69, 9.17) is 9.47 Å². The lowest BCUT2D eigenvalue weighted by atomic mass is 9.91. The molecule has 1 atom stereocenters. The molecule has 0 spiro atoms. The number of carboxylic acid groups (broad SMARTS) is 1. The van der Waals surface area contributed by atoms with E-state index in [0.717, 1.165) is 24.3 Å². The molecule has 1 aliphatic rings. The summed E-state index contributed by atoms with van der Waals surface area (Å²) in [6.45, 7) is 0.220. The zero-order valence-electron chi connectivity index (χ0n) is 17.9. The van der Waals surface area contributed by atoms with Gasteiger partial charge in [0.2, 0.25) is 0 Å². The number of carbonyl (C=O) groups is 2. The molecular weight excluding hydrogens is 465 g/mol. The number of hydrogen-bond donors (Lipinski definition) is 2. The maximum Gasteiger partial charge on any atom is 0.416 e. The smallest absolute Gasteiger partial charge is 0.416 e. The van der Waals surface area contributed by atoms with Crippen LogP contribution >= 0.6 is 0 Å². The average Bonchev–Trinajstić information content (AvgIpc) is 2.83. The topological polar surface area (TPSA) is 109 Å². The predicted molar refractivity (Wildman–Crippen MR) is 118 cm³/mol. The Labute approximate surface area is 197 Å². The Kier molecular flexibility index (Phi) is 6.34. The number of rotatable bonds is 5. The standard InChI is InChI=1S/C25H17F3N2O5/c26-25(27,28)16-3-5-17(6-4-16)30-23(31)14-1-7-18(8-2-14)35-21-12-22-20(11-15(21)13-29)19(24(32)33)9-10-34-22/h1-8,11-12,19H,9-10H2,(H,30,31)(H,32,33). The van der Waals surface area contributed by atoms with Crippen molar-refractivity contribution in [3.8, 4) is 23.3 Å². The molecule has 2 N–H and O–H groups in total. The van der Waals surface area contributed by atoms with E-state index in [2.05, 4.69) is 5.32 Å². The van der Waals surface area contributed by atoms with Crippen LogP contribution in [0.2, 0.25) is 0 Å². The van der Waals surface area contributed by atoms with Crippen LogP contribution < -0.4 is 14.8 Å². The average molecular weight is 482 g/mol. The third-order valence-corrected chi connectivity index (χ3v) is 5.38. The van der Waals surface area contributed by atoms with E-state index in [9.17, 15) is 33.1 Å². The van der Waals surface area contributed by atoms with Gasteiger partial charge in [0.15, 0.2) is 0 Å². The fourth-order valence-electron chi connectivity index (χ4n) is 3.59. The lowest BCUT2D eigenvalue weighted by molar-refractivity contribution is -0.139. The molecule has 178 valence electrons. The Morgan fingerprint density at radius 3 is 2.37 bits per heavy atom. The molecule has 0 radical (unpaired) electrons. The van der Waals surface area contributed by atoms with E-state index >= 15 is 0 Å². The molecule has 0 saturated carbocycles. The number of anilines is 1. The number of nitriles is 1. The number of carboxylic acids is 1. The number of ether oxygens (including phenoxy) is 2. The number of nitrogens with zero attached hydrogens (tertiary/aromatic N) is 1. The molecule has 0 aromatic heterocycles. The maximum absolute atomic E-state index is 12.7. The molecule has 35 heavy (non-hydrogen) atoms. The van der Waals surface area contributed by atoms with Crippen molar-refractivity contribution in [1.29, 1.82) is 5.26 Å². The molecular formula is C25H17F3N2O5. The first kappa shape index (κ1) is 23.6. The number of carbonyl (C=O) groups excluding carboxylic acids is 1. The Balaban J connectivity index is 1.48. The van der Waals surface area contributed by atoms with Gasteiger partial charge in [-0.15, -0.1) is 0 Å². The summed E-state index contributed by atoms with van der Waals surface area (Å²) in [6, 6.07) is 14.9. The van der Waals surface area contributed by atoms with Gasteiger partial charge in [0, 0.05) is 22.9 Å². The Hall–Kier alpha value is -4.52. The fourth-order valence-corrected chi connectivity index (χ4v) is 3.59. The van der Waals surface area contributed by atoms with Gasteiger partial charge in [-0.1, -0.05) is 0 Å². The first-order valence-corrected chi connectivity index (χ1v) is 10.4. The highest BCUT2D eigenvalue weighted by Gasteiger charge is 2.30. The van der Waals surface area contributed by atoms with Gasteiger partial charge in [-0.25, -0.2) is 0 Å². The van der Waals surface area contributed by atoms with Crippen LogP contribution in [0, 0.1) is 11.3 Å². The van der Waals surface area contributed by atoms with Gasteiger partial charge in [-0.2, -0.15) is 18.4 Å². The number of nitrogens with one attached hydrogen (secondary N) is 1. The number of amides is 1. The molecule has 10 heteroatoms. The highest BCUT2D eigenvalue weighted by molar-refractivity contribution is 6.04. The normalized spacial score (nSPS) is 14.7.